The average molecular weight is 443 g/mol. The summed E-state index contributed by atoms with van der Waals surface area (Å²) in [5.74, 6) is 1.10. The molecule has 0 saturated carbocycles. The summed E-state index contributed by atoms with van der Waals surface area (Å²) in [5.41, 5.74) is 12.1. The van der Waals surface area contributed by atoms with E-state index in [-0.39, 0.29) is 0 Å². The Morgan fingerprint density at radius 1 is 1.15 bits per heavy atom. The third-order valence-electron chi connectivity index (χ3n) is 5.97. The van der Waals surface area contributed by atoms with E-state index in [2.05, 4.69) is 32.7 Å². The molecule has 0 radical (unpaired) electrons. The van der Waals surface area contributed by atoms with E-state index in [0.717, 1.165) is 72.0 Å². The summed E-state index contributed by atoms with van der Waals surface area (Å²) in [6, 6.07) is 13.4. The van der Waals surface area contributed by atoms with Crippen LogP contribution in [-0.4, -0.2) is 42.6 Å². The Bertz CT molecular complexity index is 1200. The summed E-state index contributed by atoms with van der Waals surface area (Å²) in [6.45, 7) is 5.18. The van der Waals surface area contributed by atoms with Crippen molar-refractivity contribution in [3.05, 3.63) is 65.5 Å². The molecule has 33 heavy (non-hydrogen) atoms. The van der Waals surface area contributed by atoms with Crippen molar-refractivity contribution in [2.75, 3.05) is 42.3 Å². The van der Waals surface area contributed by atoms with Gasteiger partial charge < -0.3 is 30.8 Å². The van der Waals surface area contributed by atoms with Crippen LogP contribution in [0.1, 0.15) is 22.9 Å². The standard InChI is InChI=1S/C25H26N6O2/c1-16-20(6-7-23(26)28-16)21-14-17-8-9-27-22(15-32)24(17)25(30-21)29-18-2-4-19(5-3-18)31-10-12-33-13-11-31/h2-9,14-15,22,27H,10-13H2,1H3,(H2,26,28)(H,29,30). The van der Waals surface area contributed by atoms with Crippen molar-refractivity contribution >= 4 is 35.4 Å². The number of rotatable bonds is 5. The van der Waals surface area contributed by atoms with Crippen LogP contribution < -0.4 is 21.3 Å². The van der Waals surface area contributed by atoms with Crippen LogP contribution in [0.2, 0.25) is 0 Å². The maximum absolute atomic E-state index is 11.8. The van der Waals surface area contributed by atoms with E-state index in [4.69, 9.17) is 15.5 Å². The Morgan fingerprint density at radius 3 is 2.67 bits per heavy atom. The van der Waals surface area contributed by atoms with Crippen LogP contribution in [0.3, 0.4) is 0 Å². The molecule has 168 valence electrons. The number of nitrogens with one attached hydrogen (secondary N) is 2. The first-order valence-electron chi connectivity index (χ1n) is 11.0. The van der Waals surface area contributed by atoms with Crippen molar-refractivity contribution in [2.45, 2.75) is 13.0 Å². The van der Waals surface area contributed by atoms with Crippen molar-refractivity contribution < 1.29 is 9.53 Å². The van der Waals surface area contributed by atoms with Crippen molar-refractivity contribution in [3.63, 3.8) is 0 Å². The van der Waals surface area contributed by atoms with E-state index >= 15 is 0 Å². The molecule has 1 aromatic carbocycles. The quantitative estimate of drug-likeness (QED) is 0.516. The van der Waals surface area contributed by atoms with Crippen molar-refractivity contribution in [3.8, 4) is 11.3 Å². The lowest BCUT2D eigenvalue weighted by atomic mass is 9.96. The number of hydrogen-bond acceptors (Lipinski definition) is 8. The predicted molar refractivity (Wildman–Crippen MR) is 130 cm³/mol. The molecule has 2 aliphatic rings. The van der Waals surface area contributed by atoms with Crippen molar-refractivity contribution in [1.82, 2.24) is 15.3 Å². The number of aryl methyl sites for hydroxylation is 1. The molecule has 2 aromatic heterocycles. The fourth-order valence-electron chi connectivity index (χ4n) is 4.27. The Kier molecular flexibility index (Phi) is 5.66. The largest absolute Gasteiger partial charge is 0.384 e. The number of aromatic nitrogens is 2. The maximum Gasteiger partial charge on any atom is 0.146 e. The molecule has 1 unspecified atom stereocenters. The first-order valence-corrected chi connectivity index (χ1v) is 11.0. The molecule has 4 heterocycles. The number of hydrogen-bond donors (Lipinski definition) is 3. The summed E-state index contributed by atoms with van der Waals surface area (Å²) in [7, 11) is 0. The number of pyridine rings is 2. The molecule has 0 spiro atoms. The van der Waals surface area contributed by atoms with Gasteiger partial charge in [0.2, 0.25) is 0 Å². The van der Waals surface area contributed by atoms with Gasteiger partial charge in [0.1, 0.15) is 24.0 Å². The van der Waals surface area contributed by atoms with E-state index in [9.17, 15) is 4.79 Å². The van der Waals surface area contributed by atoms with Gasteiger partial charge in [-0.25, -0.2) is 9.97 Å². The van der Waals surface area contributed by atoms with Crippen LogP contribution in [0.25, 0.3) is 17.3 Å². The molecule has 0 aliphatic carbocycles. The number of carbonyl (C=O) groups is 1. The second kappa shape index (κ2) is 8.91. The second-order valence-corrected chi connectivity index (χ2v) is 8.11. The van der Waals surface area contributed by atoms with Gasteiger partial charge in [-0.15, -0.1) is 0 Å². The van der Waals surface area contributed by atoms with Gasteiger partial charge >= 0.3 is 0 Å². The van der Waals surface area contributed by atoms with Gasteiger partial charge in [0, 0.05) is 41.3 Å². The number of nitrogen functional groups attached to an aromatic ring is 1. The minimum atomic E-state index is -0.479. The van der Waals surface area contributed by atoms with E-state index < -0.39 is 6.04 Å². The molecule has 0 bridgehead atoms. The molecular formula is C25H26N6O2. The molecule has 1 fully saturated rings. The zero-order valence-corrected chi connectivity index (χ0v) is 18.4. The van der Waals surface area contributed by atoms with Gasteiger partial charge in [-0.3, -0.25) is 0 Å². The summed E-state index contributed by atoms with van der Waals surface area (Å²) in [4.78, 5) is 23.4. The first-order chi connectivity index (χ1) is 16.1. The normalized spacial score (nSPS) is 17.2. The molecule has 4 N–H and O–H groups in total. The van der Waals surface area contributed by atoms with Gasteiger partial charge in [0.15, 0.2) is 0 Å². The Balaban J connectivity index is 1.52. The smallest absolute Gasteiger partial charge is 0.146 e. The summed E-state index contributed by atoms with van der Waals surface area (Å²) < 4.78 is 5.45. The SMILES string of the molecule is Cc1nc(N)ccc1-c1cc2c(c(Nc3ccc(N4CCOCC4)cc3)n1)C(C=O)NC=C2. The number of fused-ring (bicyclic) bond motifs is 1. The number of ether oxygens (including phenoxy) is 1. The predicted octanol–water partition coefficient (Wildman–Crippen LogP) is 3.43. The Labute approximate surface area is 192 Å². The zero-order chi connectivity index (χ0) is 22.8. The van der Waals surface area contributed by atoms with Crippen LogP contribution in [0.4, 0.5) is 23.0 Å². The van der Waals surface area contributed by atoms with E-state index in [1.165, 1.54) is 0 Å². The molecule has 5 rings (SSSR count). The van der Waals surface area contributed by atoms with Gasteiger partial charge in [-0.05, 0) is 67.2 Å². The molecule has 2 aliphatic heterocycles. The number of anilines is 4. The maximum atomic E-state index is 11.8. The first kappa shape index (κ1) is 21.0. The minimum absolute atomic E-state index is 0.470. The number of benzene rings is 1. The lowest BCUT2D eigenvalue weighted by molar-refractivity contribution is -0.109. The van der Waals surface area contributed by atoms with E-state index in [1.807, 2.05) is 37.3 Å². The van der Waals surface area contributed by atoms with Crippen LogP contribution >= 0.6 is 0 Å². The third-order valence-corrected chi connectivity index (χ3v) is 5.97. The third kappa shape index (κ3) is 4.25. The van der Waals surface area contributed by atoms with Crippen molar-refractivity contribution in [2.24, 2.45) is 0 Å². The molecule has 8 nitrogen and oxygen atoms in total. The number of nitrogens with zero attached hydrogens (tertiary/aromatic N) is 3. The van der Waals surface area contributed by atoms with Crippen LogP contribution in [-0.2, 0) is 9.53 Å². The Morgan fingerprint density at radius 2 is 1.94 bits per heavy atom. The monoisotopic (exact) mass is 442 g/mol. The lowest BCUT2D eigenvalue weighted by Gasteiger charge is -2.29. The van der Waals surface area contributed by atoms with Gasteiger partial charge in [-0.2, -0.15) is 0 Å². The molecular weight excluding hydrogens is 416 g/mol. The number of morpholine rings is 1. The zero-order valence-electron chi connectivity index (χ0n) is 18.4. The van der Waals surface area contributed by atoms with Gasteiger partial charge in [0.05, 0.1) is 18.9 Å². The molecule has 1 saturated heterocycles. The lowest BCUT2D eigenvalue weighted by Crippen LogP contribution is -2.36. The highest BCUT2D eigenvalue weighted by atomic mass is 16.5. The molecule has 1 atom stereocenters. The topological polar surface area (TPSA) is 105 Å². The van der Waals surface area contributed by atoms with Gasteiger partial charge in [0.25, 0.3) is 0 Å². The molecule has 8 heteroatoms. The van der Waals surface area contributed by atoms with Crippen LogP contribution in [0.15, 0.2) is 48.7 Å². The number of aldehydes is 1. The van der Waals surface area contributed by atoms with Crippen molar-refractivity contribution in [1.29, 1.82) is 0 Å². The average Bonchev–Trinajstić information content (AvgIpc) is 2.84. The molecule has 0 amide bonds. The highest BCUT2D eigenvalue weighted by Crippen LogP contribution is 2.35. The van der Waals surface area contributed by atoms with Crippen LogP contribution in [0, 0.1) is 6.92 Å². The number of carbonyl (C=O) groups excluding carboxylic acids is 1. The molecule has 3 aromatic rings. The van der Waals surface area contributed by atoms with Crippen LogP contribution in [0.5, 0.6) is 0 Å². The minimum Gasteiger partial charge on any atom is -0.384 e. The van der Waals surface area contributed by atoms with E-state index in [0.29, 0.717) is 11.6 Å². The second-order valence-electron chi connectivity index (χ2n) is 8.11. The fourth-order valence-corrected chi connectivity index (χ4v) is 4.27. The Hall–Kier alpha value is -3.91. The highest BCUT2D eigenvalue weighted by Gasteiger charge is 2.23. The summed E-state index contributed by atoms with van der Waals surface area (Å²) in [5, 5.41) is 6.54. The van der Waals surface area contributed by atoms with Gasteiger partial charge in [-0.1, -0.05) is 0 Å². The summed E-state index contributed by atoms with van der Waals surface area (Å²) >= 11 is 0. The van der Waals surface area contributed by atoms with E-state index in [1.54, 1.807) is 12.3 Å². The fraction of sp³-hybridized carbons (Fsp3) is 0.240. The highest BCUT2D eigenvalue weighted by molar-refractivity contribution is 5.80. The number of nitrogens with two attached hydrogens (primary N) is 1. The summed E-state index contributed by atoms with van der Waals surface area (Å²) in [6.07, 6.45) is 4.64.